The van der Waals surface area contributed by atoms with Gasteiger partial charge in [-0.3, -0.25) is 9.59 Å². The molecule has 0 aliphatic carbocycles. The van der Waals surface area contributed by atoms with E-state index < -0.39 is 0 Å². The molecular formula is C34H36N4O4. The number of rotatable bonds is 9. The molecule has 0 N–H and O–H groups in total. The molecule has 0 fully saturated rings. The molecule has 42 heavy (non-hydrogen) atoms. The molecule has 0 amide bonds. The van der Waals surface area contributed by atoms with E-state index in [1.807, 2.05) is 87.0 Å². The van der Waals surface area contributed by atoms with Crippen LogP contribution in [0.15, 0.2) is 76.8 Å². The predicted octanol–water partition coefficient (Wildman–Crippen LogP) is 6.68. The molecule has 8 nitrogen and oxygen atoms in total. The molecule has 0 bridgehead atoms. The van der Waals surface area contributed by atoms with E-state index in [0.29, 0.717) is 23.3 Å². The lowest BCUT2D eigenvalue weighted by atomic mass is 9.96. The summed E-state index contributed by atoms with van der Waals surface area (Å²) in [5, 5.41) is 6.10. The van der Waals surface area contributed by atoms with Crippen LogP contribution in [0.25, 0.3) is 33.2 Å². The van der Waals surface area contributed by atoms with Gasteiger partial charge >= 0.3 is 5.97 Å². The number of aromatic nitrogens is 3. The van der Waals surface area contributed by atoms with Gasteiger partial charge in [0.15, 0.2) is 5.82 Å². The Balaban J connectivity index is 1.68. The molecule has 216 valence electrons. The third kappa shape index (κ3) is 5.70. The third-order valence-electron chi connectivity index (χ3n) is 7.07. The number of benzene rings is 3. The summed E-state index contributed by atoms with van der Waals surface area (Å²) in [6.45, 7) is 12.5. The summed E-state index contributed by atoms with van der Waals surface area (Å²) in [7, 11) is 0. The summed E-state index contributed by atoms with van der Waals surface area (Å²) in [5.74, 6) is 1.15. The molecule has 0 saturated heterocycles. The standard InChI is InChI=1S/C34H36N4O4/c1-7-41-31-16-23(6)28(17-27(31)21(2)3)33-36-29-14-10-8-13-26(29)34(40)38(33)35-18-24-19-37(20-32(39)42-22(4)5)30-15-11-9-12-25(24)30/h8-19,21-22H,7,20H2,1-6H3. The molecule has 0 unspecified atom stereocenters. The number of esters is 1. The van der Waals surface area contributed by atoms with Crippen molar-refractivity contribution in [1.29, 1.82) is 0 Å². The summed E-state index contributed by atoms with van der Waals surface area (Å²) in [6.07, 6.45) is 3.31. The minimum Gasteiger partial charge on any atom is -0.494 e. The lowest BCUT2D eigenvalue weighted by molar-refractivity contribution is -0.148. The Hall–Kier alpha value is -4.72. The van der Waals surface area contributed by atoms with Crippen LogP contribution in [0.5, 0.6) is 5.75 Å². The third-order valence-corrected chi connectivity index (χ3v) is 7.07. The van der Waals surface area contributed by atoms with E-state index in [4.69, 9.17) is 19.6 Å². The topological polar surface area (TPSA) is 87.7 Å². The average molecular weight is 565 g/mol. The minimum absolute atomic E-state index is 0.0681. The quantitative estimate of drug-likeness (QED) is 0.147. The number of carbonyl (C=O) groups excluding carboxylic acids is 1. The number of hydrogen-bond donors (Lipinski definition) is 0. The van der Waals surface area contributed by atoms with Crippen molar-refractivity contribution in [1.82, 2.24) is 14.2 Å². The first kappa shape index (κ1) is 28.8. The molecule has 0 radical (unpaired) electrons. The van der Waals surface area contributed by atoms with E-state index in [0.717, 1.165) is 38.9 Å². The number of carbonyl (C=O) groups is 1. The number of ether oxygens (including phenoxy) is 2. The molecule has 5 rings (SSSR count). The largest absolute Gasteiger partial charge is 0.494 e. The highest BCUT2D eigenvalue weighted by atomic mass is 16.5. The monoisotopic (exact) mass is 564 g/mol. The zero-order chi connectivity index (χ0) is 30.0. The Labute approximate surface area is 245 Å². The maximum absolute atomic E-state index is 13.9. The normalized spacial score (nSPS) is 11.8. The van der Waals surface area contributed by atoms with Gasteiger partial charge in [-0.15, -0.1) is 0 Å². The summed E-state index contributed by atoms with van der Waals surface area (Å²) < 4.78 is 14.5. The summed E-state index contributed by atoms with van der Waals surface area (Å²) in [5.41, 5.74) is 4.73. The van der Waals surface area contributed by atoms with Gasteiger partial charge in [-0.1, -0.05) is 44.2 Å². The highest BCUT2D eigenvalue weighted by molar-refractivity contribution is 6.00. The highest BCUT2D eigenvalue weighted by Gasteiger charge is 2.19. The zero-order valence-electron chi connectivity index (χ0n) is 24.9. The van der Waals surface area contributed by atoms with E-state index >= 15 is 0 Å². The van der Waals surface area contributed by atoms with Gasteiger partial charge in [0.1, 0.15) is 12.3 Å². The van der Waals surface area contributed by atoms with Crippen molar-refractivity contribution < 1.29 is 14.3 Å². The first-order chi connectivity index (χ1) is 20.2. The molecule has 0 aliphatic rings. The predicted molar refractivity (Wildman–Crippen MR) is 168 cm³/mol. The fraction of sp³-hybridized carbons (Fsp3) is 0.294. The molecule has 2 heterocycles. The number of nitrogens with zero attached hydrogens (tertiary/aromatic N) is 4. The Morgan fingerprint density at radius 2 is 1.74 bits per heavy atom. The van der Waals surface area contributed by atoms with Crippen LogP contribution in [0.2, 0.25) is 0 Å². The van der Waals surface area contributed by atoms with Crippen molar-refractivity contribution in [3.8, 4) is 17.1 Å². The van der Waals surface area contributed by atoms with Gasteiger partial charge in [0.25, 0.3) is 5.56 Å². The van der Waals surface area contributed by atoms with Gasteiger partial charge in [0.2, 0.25) is 0 Å². The molecule has 2 aromatic heterocycles. The van der Waals surface area contributed by atoms with Crippen molar-refractivity contribution in [3.05, 3.63) is 93.9 Å². The van der Waals surface area contributed by atoms with Crippen LogP contribution >= 0.6 is 0 Å². The van der Waals surface area contributed by atoms with Gasteiger partial charge in [0, 0.05) is 28.2 Å². The maximum Gasteiger partial charge on any atom is 0.326 e. The van der Waals surface area contributed by atoms with Crippen LogP contribution in [0, 0.1) is 6.92 Å². The van der Waals surface area contributed by atoms with Crippen LogP contribution in [0.1, 0.15) is 57.2 Å². The van der Waals surface area contributed by atoms with Crippen LogP contribution in [-0.4, -0.2) is 39.1 Å². The Morgan fingerprint density at radius 1 is 1.02 bits per heavy atom. The van der Waals surface area contributed by atoms with Crippen molar-refractivity contribution in [3.63, 3.8) is 0 Å². The minimum atomic E-state index is -0.321. The molecule has 0 aliphatic heterocycles. The summed E-state index contributed by atoms with van der Waals surface area (Å²) in [4.78, 5) is 31.3. The van der Waals surface area contributed by atoms with Crippen LogP contribution in [0.4, 0.5) is 0 Å². The fourth-order valence-corrected chi connectivity index (χ4v) is 5.14. The van der Waals surface area contributed by atoms with Gasteiger partial charge in [-0.25, -0.2) is 4.98 Å². The lowest BCUT2D eigenvalue weighted by Crippen LogP contribution is -2.21. The fourth-order valence-electron chi connectivity index (χ4n) is 5.14. The second-order valence-corrected chi connectivity index (χ2v) is 10.9. The van der Waals surface area contributed by atoms with E-state index in [2.05, 4.69) is 19.9 Å². The van der Waals surface area contributed by atoms with Gasteiger partial charge in [-0.2, -0.15) is 9.78 Å². The van der Waals surface area contributed by atoms with E-state index in [-0.39, 0.29) is 30.1 Å². The molecule has 0 atom stereocenters. The SMILES string of the molecule is CCOc1cc(C)c(-c2nc3ccccc3c(=O)n2N=Cc2cn(CC(=O)OC(C)C)c3ccccc23)cc1C(C)C. The highest BCUT2D eigenvalue weighted by Crippen LogP contribution is 2.34. The second-order valence-electron chi connectivity index (χ2n) is 10.9. The van der Waals surface area contributed by atoms with Crippen molar-refractivity contribution in [2.45, 2.75) is 60.1 Å². The Kier molecular flexibility index (Phi) is 8.24. The number of aryl methyl sites for hydroxylation is 1. The van der Waals surface area contributed by atoms with Crippen LogP contribution in [-0.2, 0) is 16.1 Å². The van der Waals surface area contributed by atoms with Crippen LogP contribution < -0.4 is 10.3 Å². The van der Waals surface area contributed by atoms with E-state index in [1.165, 1.54) is 4.68 Å². The molecule has 0 spiro atoms. The van der Waals surface area contributed by atoms with Gasteiger partial charge in [-0.05, 0) is 75.1 Å². The smallest absolute Gasteiger partial charge is 0.326 e. The van der Waals surface area contributed by atoms with Crippen molar-refractivity contribution in [2.75, 3.05) is 6.61 Å². The van der Waals surface area contributed by atoms with Crippen LogP contribution in [0.3, 0.4) is 0 Å². The summed E-state index contributed by atoms with van der Waals surface area (Å²) in [6, 6.07) is 19.1. The number of para-hydroxylation sites is 2. The Morgan fingerprint density at radius 3 is 2.45 bits per heavy atom. The molecule has 3 aromatic carbocycles. The zero-order valence-corrected chi connectivity index (χ0v) is 24.9. The molecule has 8 heteroatoms. The average Bonchev–Trinajstić information content (AvgIpc) is 3.29. The maximum atomic E-state index is 13.9. The van der Waals surface area contributed by atoms with Crippen molar-refractivity contribution in [2.24, 2.45) is 5.10 Å². The lowest BCUT2D eigenvalue weighted by Gasteiger charge is -2.18. The molecule has 0 saturated carbocycles. The number of fused-ring (bicyclic) bond motifs is 2. The Bertz CT molecular complexity index is 1860. The van der Waals surface area contributed by atoms with E-state index in [1.54, 1.807) is 12.3 Å². The number of hydrogen-bond acceptors (Lipinski definition) is 6. The molecule has 5 aromatic rings. The molecular weight excluding hydrogens is 528 g/mol. The first-order valence-electron chi connectivity index (χ1n) is 14.3. The van der Waals surface area contributed by atoms with Gasteiger partial charge < -0.3 is 14.0 Å². The first-order valence-corrected chi connectivity index (χ1v) is 14.3. The van der Waals surface area contributed by atoms with Gasteiger partial charge in [0.05, 0.1) is 29.8 Å². The van der Waals surface area contributed by atoms with E-state index in [9.17, 15) is 9.59 Å². The second kappa shape index (κ2) is 12.0. The summed E-state index contributed by atoms with van der Waals surface area (Å²) >= 11 is 0. The van der Waals surface area contributed by atoms with Crippen molar-refractivity contribution >= 4 is 34.0 Å².